The lowest BCUT2D eigenvalue weighted by atomic mass is 10.0. The fraction of sp³-hybridized carbons (Fsp3) is 0.154. The first-order chi connectivity index (χ1) is 17.1. The number of carbonyl (C=O) groups excluding carboxylic acids is 2. The summed E-state index contributed by atoms with van der Waals surface area (Å²) in [5, 5.41) is 6.73. The second-order valence-corrected chi connectivity index (χ2v) is 7.98. The van der Waals surface area contributed by atoms with Gasteiger partial charge in [-0.2, -0.15) is 13.2 Å². The lowest BCUT2D eigenvalue weighted by Crippen LogP contribution is -2.35. The molecule has 2 aromatic carbocycles. The number of alkyl halides is 3. The Kier molecular flexibility index (Phi) is 6.49. The first-order valence-corrected chi connectivity index (χ1v) is 10.6. The Labute approximate surface area is 203 Å². The average molecular weight is 492 g/mol. The maximum Gasteiger partial charge on any atom is 0.417 e. The van der Waals surface area contributed by atoms with Crippen molar-refractivity contribution in [2.45, 2.75) is 13.1 Å². The molecule has 0 spiro atoms. The molecule has 4 rings (SSSR count). The zero-order valence-electron chi connectivity index (χ0n) is 19.2. The number of pyridine rings is 1. The molecule has 0 unspecified atom stereocenters. The van der Waals surface area contributed by atoms with Crippen LogP contribution in [0.15, 0.2) is 59.1 Å². The second-order valence-electron chi connectivity index (χ2n) is 7.98. The highest BCUT2D eigenvalue weighted by atomic mass is 19.4. The molecule has 2 aromatic heterocycles. The maximum absolute atomic E-state index is 13.6. The number of aromatic nitrogens is 2. The summed E-state index contributed by atoms with van der Waals surface area (Å²) in [5.41, 5.74) is 0.0516. The summed E-state index contributed by atoms with van der Waals surface area (Å²) >= 11 is 0. The molecule has 10 heteroatoms. The maximum atomic E-state index is 13.6. The van der Waals surface area contributed by atoms with Gasteiger partial charge in [-0.25, -0.2) is 4.98 Å². The van der Waals surface area contributed by atoms with Crippen LogP contribution in [0.4, 0.5) is 18.9 Å². The molecule has 0 saturated carbocycles. The number of anilines is 1. The van der Waals surface area contributed by atoms with E-state index in [-0.39, 0.29) is 34.5 Å². The number of nitrogens with one attached hydrogen (secondary N) is 1. The van der Waals surface area contributed by atoms with Crippen molar-refractivity contribution in [1.82, 2.24) is 15.0 Å². The van der Waals surface area contributed by atoms with Gasteiger partial charge >= 0.3 is 6.18 Å². The van der Waals surface area contributed by atoms with Gasteiger partial charge in [-0.1, -0.05) is 35.3 Å². The molecular formula is C26H19F3N4O3. The Hall–Kier alpha value is -4.65. The van der Waals surface area contributed by atoms with Crippen LogP contribution in [0.25, 0.3) is 22.4 Å². The van der Waals surface area contributed by atoms with E-state index in [1.54, 1.807) is 31.2 Å². The number of likely N-dealkylation sites (N-methyl/N-ethyl adjacent to an activating group) is 1. The first-order valence-electron chi connectivity index (χ1n) is 10.6. The average Bonchev–Trinajstić information content (AvgIpc) is 3.23. The van der Waals surface area contributed by atoms with Gasteiger partial charge in [0.2, 0.25) is 5.91 Å². The first kappa shape index (κ1) is 24.5. The van der Waals surface area contributed by atoms with Crippen LogP contribution >= 0.6 is 0 Å². The molecule has 36 heavy (non-hydrogen) atoms. The van der Waals surface area contributed by atoms with Crippen molar-refractivity contribution in [2.24, 2.45) is 0 Å². The molecule has 1 N–H and O–H groups in total. The Balaban J connectivity index is 1.67. The number of fused-ring (bicyclic) bond motifs is 1. The van der Waals surface area contributed by atoms with Gasteiger partial charge in [-0.3, -0.25) is 9.59 Å². The van der Waals surface area contributed by atoms with Gasteiger partial charge in [0.25, 0.3) is 11.6 Å². The van der Waals surface area contributed by atoms with E-state index < -0.39 is 23.6 Å². The fourth-order valence-corrected chi connectivity index (χ4v) is 3.74. The Morgan fingerprint density at radius 1 is 1.14 bits per heavy atom. The zero-order valence-corrected chi connectivity index (χ0v) is 19.2. The van der Waals surface area contributed by atoms with Crippen LogP contribution < -0.4 is 5.32 Å². The lowest BCUT2D eigenvalue weighted by Gasteiger charge is -2.18. The van der Waals surface area contributed by atoms with Gasteiger partial charge in [0.15, 0.2) is 0 Å². The molecule has 0 aliphatic heterocycles. The smallest absolute Gasteiger partial charge is 0.335 e. The number of aryl methyl sites for hydroxylation is 1. The van der Waals surface area contributed by atoms with E-state index in [0.717, 1.165) is 11.0 Å². The summed E-state index contributed by atoms with van der Waals surface area (Å²) in [7, 11) is 1.40. The molecule has 2 amide bonds. The third kappa shape index (κ3) is 4.90. The number of terminal acetylenes is 1. The van der Waals surface area contributed by atoms with Crippen molar-refractivity contribution >= 4 is 28.6 Å². The molecule has 0 aliphatic rings. The number of rotatable bonds is 5. The topological polar surface area (TPSA) is 88.3 Å². The minimum atomic E-state index is -4.64. The number of benzene rings is 2. The largest absolute Gasteiger partial charge is 0.417 e. The zero-order chi connectivity index (χ0) is 26.0. The van der Waals surface area contributed by atoms with E-state index >= 15 is 0 Å². The third-order valence-electron chi connectivity index (χ3n) is 5.40. The molecule has 0 atom stereocenters. The molecular weight excluding hydrogens is 473 g/mol. The minimum absolute atomic E-state index is 0.00959. The molecule has 0 fully saturated rings. The van der Waals surface area contributed by atoms with Crippen LogP contribution in [0.1, 0.15) is 27.2 Å². The van der Waals surface area contributed by atoms with E-state index in [9.17, 15) is 22.8 Å². The fourth-order valence-electron chi connectivity index (χ4n) is 3.74. The van der Waals surface area contributed by atoms with Crippen LogP contribution in [-0.4, -0.2) is 40.4 Å². The summed E-state index contributed by atoms with van der Waals surface area (Å²) in [5.74, 6) is 1.36. The molecule has 0 bridgehead atoms. The van der Waals surface area contributed by atoms with Gasteiger partial charge in [-0.15, -0.1) is 6.42 Å². The van der Waals surface area contributed by atoms with Crippen LogP contribution in [0.5, 0.6) is 0 Å². The van der Waals surface area contributed by atoms with Crippen LogP contribution in [0.2, 0.25) is 0 Å². The number of hydrogen-bond donors (Lipinski definition) is 1. The van der Waals surface area contributed by atoms with Gasteiger partial charge in [0, 0.05) is 23.9 Å². The predicted molar refractivity (Wildman–Crippen MR) is 127 cm³/mol. The van der Waals surface area contributed by atoms with Crippen molar-refractivity contribution in [3.05, 3.63) is 77.0 Å². The van der Waals surface area contributed by atoms with E-state index in [0.29, 0.717) is 16.9 Å². The summed E-state index contributed by atoms with van der Waals surface area (Å²) < 4.78 is 46.0. The standard InChI is InChI=1S/C26H19F3N4O3/c1-4-16-8-7-9-17(12-16)30-22(34)14-33(3)25(35)19-13-21(31-24-23(19)15(2)32-36-24)18-10-5-6-11-20(18)26(27,28)29/h1,5-13H,14H2,2-3H3,(H,30,34). The highest BCUT2D eigenvalue weighted by molar-refractivity contribution is 6.08. The Bertz CT molecular complexity index is 1520. The van der Waals surface area contributed by atoms with Gasteiger partial charge in [-0.05, 0) is 37.3 Å². The van der Waals surface area contributed by atoms with Crippen molar-refractivity contribution in [3.63, 3.8) is 0 Å². The third-order valence-corrected chi connectivity index (χ3v) is 5.40. The van der Waals surface area contributed by atoms with Crippen LogP contribution in [0, 0.1) is 19.3 Å². The summed E-state index contributed by atoms with van der Waals surface area (Å²) in [4.78, 5) is 31.2. The quantitative estimate of drug-likeness (QED) is 0.400. The summed E-state index contributed by atoms with van der Waals surface area (Å²) in [6.45, 7) is 1.25. The highest BCUT2D eigenvalue weighted by Crippen LogP contribution is 2.37. The molecule has 0 radical (unpaired) electrons. The van der Waals surface area contributed by atoms with Crippen molar-refractivity contribution in [1.29, 1.82) is 0 Å². The molecule has 7 nitrogen and oxygen atoms in total. The Morgan fingerprint density at radius 2 is 1.89 bits per heavy atom. The van der Waals surface area contributed by atoms with Crippen LogP contribution in [0.3, 0.4) is 0 Å². The molecule has 0 saturated heterocycles. The SMILES string of the molecule is C#Cc1cccc(NC(=O)CN(C)C(=O)c2cc(-c3ccccc3C(F)(F)F)nc3onc(C)c23)c1. The molecule has 2 heterocycles. The van der Waals surface area contributed by atoms with E-state index in [2.05, 4.69) is 21.4 Å². The number of nitrogens with zero attached hydrogens (tertiary/aromatic N) is 3. The van der Waals surface area contributed by atoms with Crippen molar-refractivity contribution < 1.29 is 27.3 Å². The van der Waals surface area contributed by atoms with Gasteiger partial charge in [0.1, 0.15) is 0 Å². The van der Waals surface area contributed by atoms with Crippen LogP contribution in [-0.2, 0) is 11.0 Å². The predicted octanol–water partition coefficient (Wildman–Crippen LogP) is 4.91. The monoisotopic (exact) mass is 492 g/mol. The van der Waals surface area contributed by atoms with Gasteiger partial charge < -0.3 is 14.7 Å². The summed E-state index contributed by atoms with van der Waals surface area (Å²) in [6, 6.07) is 12.8. The minimum Gasteiger partial charge on any atom is -0.335 e. The van der Waals surface area contributed by atoms with Crippen molar-refractivity contribution in [2.75, 3.05) is 18.9 Å². The van der Waals surface area contributed by atoms with Gasteiger partial charge in [0.05, 0.1) is 34.4 Å². The number of amides is 2. The highest BCUT2D eigenvalue weighted by Gasteiger charge is 2.34. The van der Waals surface area contributed by atoms with Crippen molar-refractivity contribution in [3.8, 4) is 23.6 Å². The lowest BCUT2D eigenvalue weighted by molar-refractivity contribution is -0.137. The number of hydrogen-bond acceptors (Lipinski definition) is 5. The normalized spacial score (nSPS) is 11.2. The molecule has 182 valence electrons. The number of carbonyl (C=O) groups is 2. The van der Waals surface area contributed by atoms with E-state index in [4.69, 9.17) is 10.9 Å². The van der Waals surface area contributed by atoms with E-state index in [1.807, 2.05) is 0 Å². The molecule has 0 aliphatic carbocycles. The Morgan fingerprint density at radius 3 is 2.61 bits per heavy atom. The molecule has 4 aromatic rings. The second kappa shape index (κ2) is 9.54. The number of halogens is 3. The summed E-state index contributed by atoms with van der Waals surface area (Å²) in [6.07, 6.45) is 0.736. The van der Waals surface area contributed by atoms with E-state index in [1.165, 1.54) is 31.3 Å².